The first kappa shape index (κ1) is 31.8. The molecule has 0 atom stereocenters. The molecule has 0 aliphatic rings. The minimum atomic E-state index is -4.43. The van der Waals surface area contributed by atoms with Crippen molar-refractivity contribution in [3.63, 3.8) is 0 Å². The van der Waals surface area contributed by atoms with Crippen LogP contribution in [-0.4, -0.2) is 19.9 Å². The fraction of sp³-hybridized carbons (Fsp3) is 0.0588. The molecule has 0 amide bonds. The lowest BCUT2D eigenvalue weighted by molar-refractivity contribution is -0.138. The molecule has 0 saturated carbocycles. The van der Waals surface area contributed by atoms with Crippen molar-refractivity contribution in [2.24, 2.45) is 10.2 Å². The normalized spacial score (nSPS) is 11.9. The molecular weight excluding hydrogens is 634 g/mol. The van der Waals surface area contributed by atoms with E-state index >= 15 is 0 Å². The van der Waals surface area contributed by atoms with Crippen molar-refractivity contribution in [2.75, 3.05) is 10.6 Å². The molecule has 0 bridgehead atoms. The zero-order valence-corrected chi connectivity index (χ0v) is 24.5. The highest BCUT2D eigenvalue weighted by Crippen LogP contribution is 2.32. The van der Waals surface area contributed by atoms with Crippen LogP contribution in [0.15, 0.2) is 132 Å². The van der Waals surface area contributed by atoms with Crippen molar-refractivity contribution in [1.29, 1.82) is 0 Å². The molecule has 2 N–H and O–H groups in total. The lowest BCUT2D eigenvalue weighted by atomic mass is 10.1. The molecular formula is C34H22F6N8. The summed E-state index contributed by atoms with van der Waals surface area (Å²) >= 11 is 0. The van der Waals surface area contributed by atoms with E-state index in [1.807, 2.05) is 12.1 Å². The lowest BCUT2D eigenvalue weighted by Crippen LogP contribution is -2.04. The molecule has 0 aliphatic carbocycles. The van der Waals surface area contributed by atoms with Gasteiger partial charge in [0.25, 0.3) is 0 Å². The third-order valence-electron chi connectivity index (χ3n) is 6.81. The number of benzene rings is 4. The molecule has 6 rings (SSSR count). The summed E-state index contributed by atoms with van der Waals surface area (Å²) in [7, 11) is 0. The smallest absolute Gasteiger partial charge is 0.324 e. The van der Waals surface area contributed by atoms with Crippen LogP contribution in [0.25, 0.3) is 22.5 Å². The van der Waals surface area contributed by atoms with Crippen molar-refractivity contribution in [3.8, 4) is 22.5 Å². The predicted octanol–water partition coefficient (Wildman–Crippen LogP) is 10.5. The van der Waals surface area contributed by atoms with Crippen molar-refractivity contribution < 1.29 is 26.3 Å². The minimum absolute atomic E-state index is 0.207. The Morgan fingerprint density at radius 3 is 1.25 bits per heavy atom. The van der Waals surface area contributed by atoms with Gasteiger partial charge in [0.05, 0.1) is 33.9 Å². The zero-order chi connectivity index (χ0) is 33.7. The molecule has 2 heterocycles. The number of rotatable bonds is 8. The maximum absolute atomic E-state index is 12.9. The Labute approximate surface area is 269 Å². The first-order chi connectivity index (χ1) is 23.0. The van der Waals surface area contributed by atoms with Gasteiger partial charge < -0.3 is 10.6 Å². The molecule has 2 aromatic heterocycles. The Morgan fingerprint density at radius 1 is 0.479 bits per heavy atom. The Kier molecular flexibility index (Phi) is 8.79. The first-order valence-corrected chi connectivity index (χ1v) is 14.2. The van der Waals surface area contributed by atoms with Gasteiger partial charge in [0.1, 0.15) is 0 Å². The van der Waals surface area contributed by atoms with Crippen LogP contribution in [0.1, 0.15) is 11.1 Å². The molecule has 0 radical (unpaired) electrons. The molecule has 0 spiro atoms. The predicted molar refractivity (Wildman–Crippen MR) is 169 cm³/mol. The van der Waals surface area contributed by atoms with E-state index in [1.54, 1.807) is 48.5 Å². The molecule has 0 fully saturated rings. The van der Waals surface area contributed by atoms with E-state index in [2.05, 4.69) is 40.8 Å². The monoisotopic (exact) mass is 656 g/mol. The highest BCUT2D eigenvalue weighted by atomic mass is 19.4. The number of hydrogen-bond donors (Lipinski definition) is 2. The largest absolute Gasteiger partial charge is 0.416 e. The molecule has 48 heavy (non-hydrogen) atoms. The highest BCUT2D eigenvalue weighted by molar-refractivity contribution is 5.67. The van der Waals surface area contributed by atoms with E-state index in [9.17, 15) is 26.3 Å². The van der Waals surface area contributed by atoms with Crippen molar-refractivity contribution in [3.05, 3.63) is 133 Å². The molecule has 0 unspecified atom stereocenters. The second-order valence-electron chi connectivity index (χ2n) is 10.2. The van der Waals surface area contributed by atoms with Crippen LogP contribution in [0.3, 0.4) is 0 Å². The maximum Gasteiger partial charge on any atom is 0.416 e. The third-order valence-corrected chi connectivity index (χ3v) is 6.81. The number of halogens is 6. The standard InChI is InChI=1S/C34H22F6N8/c35-33(36,37)23-7-11-25(12-8-23)43-31-41-17-15-29(45-31)21-3-1-5-27(19-21)47-48-28-6-2-4-22(20-28)30-16-18-42-32(46-30)44-26-13-9-24(10-14-26)34(38,39)40/h1-20H,(H,41,43,45)(H,42,44,46). The van der Waals surface area contributed by atoms with Crippen molar-refractivity contribution in [2.45, 2.75) is 12.4 Å². The number of hydrogen-bond acceptors (Lipinski definition) is 8. The van der Waals surface area contributed by atoms with Gasteiger partial charge >= 0.3 is 12.4 Å². The fourth-order valence-corrected chi connectivity index (χ4v) is 4.47. The van der Waals surface area contributed by atoms with Gasteiger partial charge in [-0.3, -0.25) is 0 Å². The van der Waals surface area contributed by atoms with Crippen LogP contribution in [-0.2, 0) is 12.4 Å². The van der Waals surface area contributed by atoms with E-state index in [1.165, 1.54) is 36.7 Å². The van der Waals surface area contributed by atoms with Crippen molar-refractivity contribution in [1.82, 2.24) is 19.9 Å². The van der Waals surface area contributed by atoms with Gasteiger partial charge in [0.2, 0.25) is 11.9 Å². The molecule has 240 valence electrons. The van der Waals surface area contributed by atoms with Crippen molar-refractivity contribution >= 4 is 34.6 Å². The molecule has 0 aliphatic heterocycles. The Hall–Kier alpha value is -6.18. The quantitative estimate of drug-likeness (QED) is 0.125. The molecule has 4 aromatic carbocycles. The van der Waals surface area contributed by atoms with Gasteiger partial charge in [-0.1, -0.05) is 24.3 Å². The Balaban J connectivity index is 1.14. The average molecular weight is 657 g/mol. The van der Waals surface area contributed by atoms with E-state index in [-0.39, 0.29) is 11.9 Å². The van der Waals surface area contributed by atoms with E-state index in [4.69, 9.17) is 0 Å². The SMILES string of the molecule is FC(F)(F)c1ccc(Nc2nccc(-c3cccc(N=Nc4cccc(-c5ccnc(Nc6ccc(C(F)(F)F)cc6)n5)c4)c3)n2)cc1. The van der Waals surface area contributed by atoms with Gasteiger partial charge in [-0.25, -0.2) is 19.9 Å². The first-order valence-electron chi connectivity index (χ1n) is 14.2. The number of nitrogens with zero attached hydrogens (tertiary/aromatic N) is 6. The number of alkyl halides is 6. The summed E-state index contributed by atoms with van der Waals surface area (Å²) in [5.74, 6) is 0.414. The second-order valence-corrected chi connectivity index (χ2v) is 10.2. The summed E-state index contributed by atoms with van der Waals surface area (Å²) in [6, 6.07) is 26.8. The van der Waals surface area contributed by atoms with E-state index in [0.29, 0.717) is 45.3 Å². The van der Waals surface area contributed by atoms with E-state index < -0.39 is 23.5 Å². The summed E-state index contributed by atoms with van der Waals surface area (Å²) in [4.78, 5) is 17.3. The lowest BCUT2D eigenvalue weighted by Gasteiger charge is -2.09. The number of azo groups is 1. The van der Waals surface area contributed by atoms with Crippen LogP contribution in [0.2, 0.25) is 0 Å². The highest BCUT2D eigenvalue weighted by Gasteiger charge is 2.30. The molecule has 6 aromatic rings. The Bertz CT molecular complexity index is 1910. The summed E-state index contributed by atoms with van der Waals surface area (Å²) in [5.41, 5.74) is 2.92. The maximum atomic E-state index is 12.9. The van der Waals surface area contributed by atoms with Crippen LogP contribution in [0.5, 0.6) is 0 Å². The van der Waals surface area contributed by atoms with Crippen LogP contribution in [0.4, 0.5) is 61.0 Å². The summed E-state index contributed by atoms with van der Waals surface area (Å²) in [6.45, 7) is 0. The van der Waals surface area contributed by atoms with Gasteiger partial charge in [-0.05, 0) is 84.9 Å². The number of aromatic nitrogens is 4. The van der Waals surface area contributed by atoms with Crippen LogP contribution >= 0.6 is 0 Å². The summed E-state index contributed by atoms with van der Waals surface area (Å²) in [6.07, 6.45) is -5.79. The minimum Gasteiger partial charge on any atom is -0.324 e. The fourth-order valence-electron chi connectivity index (χ4n) is 4.47. The van der Waals surface area contributed by atoms with Crippen LogP contribution < -0.4 is 10.6 Å². The second kappa shape index (κ2) is 13.3. The van der Waals surface area contributed by atoms with Gasteiger partial charge in [0, 0.05) is 34.9 Å². The van der Waals surface area contributed by atoms with Gasteiger partial charge in [-0.2, -0.15) is 36.6 Å². The average Bonchev–Trinajstić information content (AvgIpc) is 3.08. The molecule has 0 saturated heterocycles. The Morgan fingerprint density at radius 2 is 0.875 bits per heavy atom. The summed E-state index contributed by atoms with van der Waals surface area (Å²) < 4.78 is 77.3. The topological polar surface area (TPSA) is 100 Å². The van der Waals surface area contributed by atoms with Gasteiger partial charge in [0.15, 0.2) is 0 Å². The van der Waals surface area contributed by atoms with E-state index in [0.717, 1.165) is 24.3 Å². The number of nitrogens with one attached hydrogen (secondary N) is 2. The molecule has 14 heteroatoms. The number of anilines is 4. The summed E-state index contributed by atoms with van der Waals surface area (Å²) in [5, 5.41) is 14.6. The molecule has 8 nitrogen and oxygen atoms in total. The zero-order valence-electron chi connectivity index (χ0n) is 24.5. The van der Waals surface area contributed by atoms with Crippen LogP contribution in [0, 0.1) is 0 Å². The third kappa shape index (κ3) is 7.96. The van der Waals surface area contributed by atoms with Gasteiger partial charge in [-0.15, -0.1) is 0 Å².